The van der Waals surface area contributed by atoms with Gasteiger partial charge in [-0.2, -0.15) is 5.10 Å². The summed E-state index contributed by atoms with van der Waals surface area (Å²) in [5.74, 6) is -0.350. The van der Waals surface area contributed by atoms with Crippen LogP contribution in [0.4, 0.5) is 5.69 Å². The minimum atomic E-state index is -1.03. The van der Waals surface area contributed by atoms with Crippen molar-refractivity contribution < 1.29 is 14.6 Å². The molecule has 1 N–H and O–H groups in total. The Bertz CT molecular complexity index is 1130. The predicted octanol–water partition coefficient (Wildman–Crippen LogP) is 4.80. The highest BCUT2D eigenvalue weighted by molar-refractivity contribution is 5.98. The van der Waals surface area contributed by atoms with Crippen molar-refractivity contribution >= 4 is 22.7 Å². The Balaban J connectivity index is 1.88. The van der Waals surface area contributed by atoms with Crippen molar-refractivity contribution in [3.63, 3.8) is 0 Å². The summed E-state index contributed by atoms with van der Waals surface area (Å²) in [5.41, 5.74) is 4.49. The molecular formula is C25H32N4O3. The summed E-state index contributed by atoms with van der Waals surface area (Å²) in [6.45, 7) is 10.1. The maximum atomic E-state index is 12.0. The average molecular weight is 437 g/mol. The van der Waals surface area contributed by atoms with Gasteiger partial charge in [0.15, 0.2) is 11.3 Å². The van der Waals surface area contributed by atoms with Crippen LogP contribution in [0.1, 0.15) is 61.3 Å². The number of anilines is 1. The van der Waals surface area contributed by atoms with Crippen LogP contribution in [0.2, 0.25) is 0 Å². The van der Waals surface area contributed by atoms with Gasteiger partial charge in [-0.05, 0) is 62.3 Å². The van der Waals surface area contributed by atoms with E-state index in [1.165, 1.54) is 0 Å². The monoisotopic (exact) mass is 436 g/mol. The van der Waals surface area contributed by atoms with Gasteiger partial charge in [-0.15, -0.1) is 0 Å². The lowest BCUT2D eigenvalue weighted by Gasteiger charge is -2.36. The van der Waals surface area contributed by atoms with Crippen LogP contribution in [0.25, 0.3) is 16.7 Å². The van der Waals surface area contributed by atoms with Gasteiger partial charge in [0.25, 0.3) is 0 Å². The first-order valence-corrected chi connectivity index (χ1v) is 11.3. The number of carbonyl (C=O) groups is 1. The molecule has 1 aromatic carbocycles. The Kier molecular flexibility index (Phi) is 6.20. The third-order valence-electron chi connectivity index (χ3n) is 6.57. The van der Waals surface area contributed by atoms with Crippen LogP contribution >= 0.6 is 0 Å². The fourth-order valence-corrected chi connectivity index (χ4v) is 4.63. The van der Waals surface area contributed by atoms with E-state index in [9.17, 15) is 9.90 Å². The summed E-state index contributed by atoms with van der Waals surface area (Å²) < 4.78 is 7.34. The number of hydrogen-bond acceptors (Lipinski definition) is 5. The molecule has 7 nitrogen and oxygen atoms in total. The molecule has 4 rings (SSSR count). The number of aromatic nitrogens is 3. The Hall–Kier alpha value is -2.93. The van der Waals surface area contributed by atoms with Crippen molar-refractivity contribution in [2.45, 2.75) is 52.6 Å². The number of ether oxygens (including phenoxy) is 1. The number of carboxylic acids is 1. The van der Waals surface area contributed by atoms with Crippen LogP contribution in [-0.2, 0) is 4.74 Å². The van der Waals surface area contributed by atoms with Gasteiger partial charge in [-0.1, -0.05) is 26.0 Å². The van der Waals surface area contributed by atoms with Gasteiger partial charge in [0, 0.05) is 20.2 Å². The average Bonchev–Trinajstić information content (AvgIpc) is 3.18. The van der Waals surface area contributed by atoms with Crippen LogP contribution in [0.5, 0.6) is 0 Å². The minimum Gasteiger partial charge on any atom is -0.477 e. The zero-order valence-electron chi connectivity index (χ0n) is 19.5. The Morgan fingerprint density at radius 2 is 1.91 bits per heavy atom. The van der Waals surface area contributed by atoms with Gasteiger partial charge in [-0.25, -0.2) is 14.5 Å². The standard InChI is InChI=1S/C25H32N4O3/c1-15(2)23-22-21(28-11-9-18(10-12-28)17(4)32-5)14-20(25(30)31)26-24(22)29(27-23)19-8-6-7-16(3)13-19/h6-8,13-15,17-18H,9-12H2,1-5H3,(H,30,31). The molecule has 3 heterocycles. The number of methoxy groups -OCH3 is 1. The smallest absolute Gasteiger partial charge is 0.354 e. The first-order chi connectivity index (χ1) is 15.3. The topological polar surface area (TPSA) is 80.5 Å². The lowest BCUT2D eigenvalue weighted by Crippen LogP contribution is -2.37. The van der Waals surface area contributed by atoms with Crippen molar-refractivity contribution in [3.8, 4) is 5.69 Å². The van der Waals surface area contributed by atoms with E-state index in [2.05, 4.69) is 30.7 Å². The molecule has 0 saturated carbocycles. The normalized spacial score (nSPS) is 16.1. The van der Waals surface area contributed by atoms with Crippen molar-refractivity contribution in [1.82, 2.24) is 14.8 Å². The molecule has 0 spiro atoms. The summed E-state index contributed by atoms with van der Waals surface area (Å²) in [5, 5.41) is 15.7. The van der Waals surface area contributed by atoms with Crippen molar-refractivity contribution in [2.24, 2.45) is 5.92 Å². The quantitative estimate of drug-likeness (QED) is 0.598. The molecule has 170 valence electrons. The van der Waals surface area contributed by atoms with Gasteiger partial charge in [-0.3, -0.25) is 0 Å². The molecule has 0 aliphatic carbocycles. The molecular weight excluding hydrogens is 404 g/mol. The van der Waals surface area contributed by atoms with Gasteiger partial charge in [0.05, 0.1) is 28.6 Å². The maximum absolute atomic E-state index is 12.0. The summed E-state index contributed by atoms with van der Waals surface area (Å²) in [4.78, 5) is 18.8. The van der Waals surface area contributed by atoms with E-state index in [1.54, 1.807) is 17.9 Å². The van der Waals surface area contributed by atoms with Crippen molar-refractivity contribution in [2.75, 3.05) is 25.1 Å². The van der Waals surface area contributed by atoms with Crippen LogP contribution in [0.15, 0.2) is 30.3 Å². The third-order valence-corrected chi connectivity index (χ3v) is 6.57. The molecule has 1 aliphatic heterocycles. The predicted molar refractivity (Wildman–Crippen MR) is 126 cm³/mol. The highest BCUT2D eigenvalue weighted by Crippen LogP contribution is 2.37. The molecule has 7 heteroatoms. The maximum Gasteiger partial charge on any atom is 0.354 e. The van der Waals surface area contributed by atoms with Crippen LogP contribution < -0.4 is 4.90 Å². The minimum absolute atomic E-state index is 0.0454. The Morgan fingerprint density at radius 1 is 1.19 bits per heavy atom. The van der Waals surface area contributed by atoms with Gasteiger partial charge in [0.2, 0.25) is 0 Å². The van der Waals surface area contributed by atoms with Gasteiger partial charge >= 0.3 is 5.97 Å². The zero-order chi connectivity index (χ0) is 23.0. The highest BCUT2D eigenvalue weighted by atomic mass is 16.5. The molecule has 1 saturated heterocycles. The molecule has 0 bridgehead atoms. The largest absolute Gasteiger partial charge is 0.477 e. The van der Waals surface area contributed by atoms with Crippen LogP contribution in [-0.4, -0.2) is 52.1 Å². The first-order valence-electron chi connectivity index (χ1n) is 11.3. The second-order valence-corrected chi connectivity index (χ2v) is 9.09. The number of hydrogen-bond donors (Lipinski definition) is 1. The fraction of sp³-hybridized carbons (Fsp3) is 0.480. The van der Waals surface area contributed by atoms with E-state index in [0.717, 1.165) is 53.9 Å². The van der Waals surface area contributed by atoms with E-state index < -0.39 is 5.97 Å². The second kappa shape index (κ2) is 8.90. The fourth-order valence-electron chi connectivity index (χ4n) is 4.63. The summed E-state index contributed by atoms with van der Waals surface area (Å²) >= 11 is 0. The van der Waals surface area contributed by atoms with E-state index >= 15 is 0 Å². The van der Waals surface area contributed by atoms with Crippen LogP contribution in [0.3, 0.4) is 0 Å². The number of fused-ring (bicyclic) bond motifs is 1. The summed E-state index contributed by atoms with van der Waals surface area (Å²) in [6.07, 6.45) is 2.23. The molecule has 1 fully saturated rings. The Morgan fingerprint density at radius 3 is 2.50 bits per heavy atom. The summed E-state index contributed by atoms with van der Waals surface area (Å²) in [7, 11) is 1.76. The number of piperidine rings is 1. The number of aryl methyl sites for hydroxylation is 1. The SMILES string of the molecule is COC(C)C1CCN(c2cc(C(=O)O)nc3c2c(C(C)C)nn3-c2cccc(C)c2)CC1. The van der Waals surface area contributed by atoms with E-state index in [1.807, 2.05) is 31.2 Å². The molecule has 3 aromatic rings. The van der Waals surface area contributed by atoms with Crippen molar-refractivity contribution in [1.29, 1.82) is 0 Å². The lowest BCUT2D eigenvalue weighted by atomic mass is 9.91. The van der Waals surface area contributed by atoms with Gasteiger partial charge in [0.1, 0.15) is 0 Å². The molecule has 0 radical (unpaired) electrons. The van der Waals surface area contributed by atoms with Crippen LogP contribution in [0, 0.1) is 12.8 Å². The number of pyridine rings is 1. The van der Waals surface area contributed by atoms with E-state index in [4.69, 9.17) is 9.84 Å². The van der Waals surface area contributed by atoms with Crippen molar-refractivity contribution in [3.05, 3.63) is 47.3 Å². The first kappa shape index (κ1) is 22.3. The molecule has 2 aromatic heterocycles. The Labute approximate surface area is 189 Å². The van der Waals surface area contributed by atoms with E-state index in [0.29, 0.717) is 11.6 Å². The number of aromatic carboxylic acids is 1. The number of nitrogens with zero attached hydrogens (tertiary/aromatic N) is 4. The molecule has 1 aliphatic rings. The highest BCUT2D eigenvalue weighted by Gasteiger charge is 2.29. The number of carboxylic acid groups (broad SMARTS) is 1. The lowest BCUT2D eigenvalue weighted by molar-refractivity contribution is 0.0564. The number of benzene rings is 1. The molecule has 0 amide bonds. The molecule has 1 unspecified atom stereocenters. The van der Waals surface area contributed by atoms with Gasteiger partial charge < -0.3 is 14.7 Å². The third kappa shape index (κ3) is 4.09. The zero-order valence-corrected chi connectivity index (χ0v) is 19.5. The molecule has 1 atom stereocenters. The number of rotatable bonds is 6. The molecule has 32 heavy (non-hydrogen) atoms. The second-order valence-electron chi connectivity index (χ2n) is 9.09. The van der Waals surface area contributed by atoms with E-state index in [-0.39, 0.29) is 17.7 Å². The summed E-state index contributed by atoms with van der Waals surface area (Å²) in [6, 6.07) is 9.76.